The summed E-state index contributed by atoms with van der Waals surface area (Å²) in [5.41, 5.74) is 1.19. The lowest BCUT2D eigenvalue weighted by atomic mass is 10.0. The first-order valence-corrected chi connectivity index (χ1v) is 9.71. The minimum Gasteiger partial charge on any atom is -0.497 e. The van der Waals surface area contributed by atoms with Crippen LogP contribution >= 0.6 is 0 Å². The SMILES string of the molecule is CCN(CC)C(CNC(=O)c1cnc2ccccn2c1=O)c1cccc(OC)c1. The number of fused-ring (bicyclic) bond motifs is 1. The highest BCUT2D eigenvalue weighted by molar-refractivity contribution is 5.93. The zero-order valence-electron chi connectivity index (χ0n) is 17.0. The minimum atomic E-state index is -0.430. The summed E-state index contributed by atoms with van der Waals surface area (Å²) in [6.07, 6.45) is 2.95. The maximum absolute atomic E-state index is 12.8. The Bertz CT molecular complexity index is 1040. The van der Waals surface area contributed by atoms with Crippen LogP contribution in [0.25, 0.3) is 5.65 Å². The van der Waals surface area contributed by atoms with E-state index in [-0.39, 0.29) is 17.2 Å². The third-order valence-electron chi connectivity index (χ3n) is 5.05. The number of rotatable bonds is 8. The van der Waals surface area contributed by atoms with Gasteiger partial charge in [0.25, 0.3) is 11.5 Å². The smallest absolute Gasteiger partial charge is 0.270 e. The van der Waals surface area contributed by atoms with Crippen LogP contribution in [0.5, 0.6) is 5.75 Å². The molecule has 1 N–H and O–H groups in total. The molecule has 1 atom stereocenters. The molecule has 0 radical (unpaired) electrons. The highest BCUT2D eigenvalue weighted by atomic mass is 16.5. The van der Waals surface area contributed by atoms with Gasteiger partial charge in [0.2, 0.25) is 0 Å². The summed E-state index contributed by atoms with van der Waals surface area (Å²) >= 11 is 0. The van der Waals surface area contributed by atoms with Gasteiger partial charge < -0.3 is 10.1 Å². The molecule has 152 valence electrons. The highest BCUT2D eigenvalue weighted by Crippen LogP contribution is 2.23. The molecule has 0 saturated carbocycles. The van der Waals surface area contributed by atoms with Gasteiger partial charge in [-0.1, -0.05) is 32.0 Å². The lowest BCUT2D eigenvalue weighted by Gasteiger charge is -2.30. The van der Waals surface area contributed by atoms with E-state index in [2.05, 4.69) is 29.0 Å². The van der Waals surface area contributed by atoms with Gasteiger partial charge in [0.05, 0.1) is 13.2 Å². The number of ether oxygens (including phenoxy) is 1. The maximum atomic E-state index is 12.8. The van der Waals surface area contributed by atoms with E-state index in [1.54, 1.807) is 31.5 Å². The fraction of sp³-hybridized carbons (Fsp3) is 0.318. The fourth-order valence-corrected chi connectivity index (χ4v) is 3.44. The van der Waals surface area contributed by atoms with Crippen molar-refractivity contribution >= 4 is 11.6 Å². The topological polar surface area (TPSA) is 75.9 Å². The lowest BCUT2D eigenvalue weighted by molar-refractivity contribution is 0.0933. The van der Waals surface area contributed by atoms with Crippen molar-refractivity contribution in [2.45, 2.75) is 19.9 Å². The van der Waals surface area contributed by atoms with Crippen molar-refractivity contribution in [1.82, 2.24) is 19.6 Å². The third-order valence-corrected chi connectivity index (χ3v) is 5.05. The van der Waals surface area contributed by atoms with Crippen LogP contribution in [0.1, 0.15) is 35.8 Å². The van der Waals surface area contributed by atoms with Gasteiger partial charge in [-0.05, 0) is 42.9 Å². The quantitative estimate of drug-likeness (QED) is 0.635. The molecule has 3 rings (SSSR count). The van der Waals surface area contributed by atoms with Crippen molar-refractivity contribution in [3.63, 3.8) is 0 Å². The van der Waals surface area contributed by atoms with E-state index in [4.69, 9.17) is 4.74 Å². The lowest BCUT2D eigenvalue weighted by Crippen LogP contribution is -2.39. The standard InChI is InChI=1S/C22H26N4O3/c1-4-25(5-2)19(16-9-8-10-17(13-16)29-3)15-24-21(27)18-14-23-20-11-6-7-12-26(20)22(18)28/h6-14,19H,4-5,15H2,1-3H3,(H,24,27). The van der Waals surface area contributed by atoms with E-state index >= 15 is 0 Å². The van der Waals surface area contributed by atoms with Crippen molar-refractivity contribution in [1.29, 1.82) is 0 Å². The van der Waals surface area contributed by atoms with Crippen LogP contribution < -0.4 is 15.6 Å². The normalized spacial score (nSPS) is 12.1. The first kappa shape index (κ1) is 20.5. The highest BCUT2D eigenvalue weighted by Gasteiger charge is 2.21. The van der Waals surface area contributed by atoms with Gasteiger partial charge in [0.15, 0.2) is 0 Å². The molecule has 0 aliphatic rings. The van der Waals surface area contributed by atoms with Gasteiger partial charge in [-0.15, -0.1) is 0 Å². The molecular weight excluding hydrogens is 368 g/mol. The summed E-state index contributed by atoms with van der Waals surface area (Å²) in [6, 6.07) is 13.0. The number of nitrogens with zero attached hydrogens (tertiary/aromatic N) is 3. The average molecular weight is 394 g/mol. The number of hydrogen-bond donors (Lipinski definition) is 1. The Hall–Kier alpha value is -3.19. The zero-order valence-corrected chi connectivity index (χ0v) is 17.0. The summed E-state index contributed by atoms with van der Waals surface area (Å²) in [7, 11) is 1.63. The van der Waals surface area contributed by atoms with Crippen LogP contribution in [0.3, 0.4) is 0 Å². The van der Waals surface area contributed by atoms with Crippen LogP contribution in [0.15, 0.2) is 59.7 Å². The number of likely N-dealkylation sites (N-methyl/N-ethyl adjacent to an activating group) is 1. The first-order valence-electron chi connectivity index (χ1n) is 9.71. The predicted molar refractivity (Wildman–Crippen MR) is 112 cm³/mol. The monoisotopic (exact) mass is 394 g/mol. The van der Waals surface area contributed by atoms with Crippen molar-refractivity contribution in [3.8, 4) is 5.75 Å². The van der Waals surface area contributed by atoms with Gasteiger partial charge in [0, 0.05) is 18.9 Å². The molecule has 0 aliphatic heterocycles. The van der Waals surface area contributed by atoms with Gasteiger partial charge in [-0.3, -0.25) is 18.9 Å². The fourth-order valence-electron chi connectivity index (χ4n) is 3.44. The molecule has 7 nitrogen and oxygen atoms in total. The Morgan fingerprint density at radius 3 is 2.72 bits per heavy atom. The van der Waals surface area contributed by atoms with E-state index in [0.717, 1.165) is 24.4 Å². The molecule has 7 heteroatoms. The molecule has 2 heterocycles. The van der Waals surface area contributed by atoms with Crippen LogP contribution in [0.2, 0.25) is 0 Å². The Kier molecular flexibility index (Phi) is 6.61. The Labute approximate surface area is 170 Å². The first-order chi connectivity index (χ1) is 14.1. The maximum Gasteiger partial charge on any atom is 0.270 e. The van der Waals surface area contributed by atoms with Gasteiger partial charge in [-0.25, -0.2) is 4.98 Å². The van der Waals surface area contributed by atoms with E-state index in [0.29, 0.717) is 12.2 Å². The van der Waals surface area contributed by atoms with E-state index in [1.165, 1.54) is 10.6 Å². The summed E-state index contributed by atoms with van der Waals surface area (Å²) < 4.78 is 6.72. The van der Waals surface area contributed by atoms with Gasteiger partial charge >= 0.3 is 0 Å². The number of pyridine rings is 1. The second-order valence-electron chi connectivity index (χ2n) is 6.63. The van der Waals surface area contributed by atoms with Crippen molar-refractivity contribution in [2.24, 2.45) is 0 Å². The summed E-state index contributed by atoms with van der Waals surface area (Å²) in [5.74, 6) is 0.337. The molecule has 0 aliphatic carbocycles. The number of aromatic nitrogens is 2. The van der Waals surface area contributed by atoms with Crippen molar-refractivity contribution < 1.29 is 9.53 Å². The Balaban J connectivity index is 1.84. The molecule has 0 bridgehead atoms. The van der Waals surface area contributed by atoms with Gasteiger partial charge in [-0.2, -0.15) is 0 Å². The number of amides is 1. The van der Waals surface area contributed by atoms with Crippen molar-refractivity contribution in [3.05, 3.63) is 76.3 Å². The van der Waals surface area contributed by atoms with Crippen LogP contribution in [-0.2, 0) is 0 Å². The molecule has 0 spiro atoms. The molecular formula is C22H26N4O3. The molecule has 1 unspecified atom stereocenters. The van der Waals surface area contributed by atoms with E-state index in [9.17, 15) is 9.59 Å². The second-order valence-corrected chi connectivity index (χ2v) is 6.63. The molecule has 1 aromatic carbocycles. The molecule has 0 fully saturated rings. The molecule has 0 saturated heterocycles. The molecule has 2 aromatic heterocycles. The van der Waals surface area contributed by atoms with E-state index < -0.39 is 5.91 Å². The molecule has 29 heavy (non-hydrogen) atoms. The summed E-state index contributed by atoms with van der Waals surface area (Å²) in [4.78, 5) is 31.9. The number of hydrogen-bond acceptors (Lipinski definition) is 5. The number of benzene rings is 1. The zero-order chi connectivity index (χ0) is 20.8. The Morgan fingerprint density at radius 1 is 1.21 bits per heavy atom. The summed E-state index contributed by atoms with van der Waals surface area (Å²) in [6.45, 7) is 6.18. The number of carbonyl (C=O) groups excluding carboxylic acids is 1. The third kappa shape index (κ3) is 4.46. The number of methoxy groups -OCH3 is 1. The number of nitrogens with one attached hydrogen (secondary N) is 1. The van der Waals surface area contributed by atoms with E-state index in [1.807, 2.05) is 24.3 Å². The van der Waals surface area contributed by atoms with Crippen LogP contribution in [-0.4, -0.2) is 46.9 Å². The molecule has 1 amide bonds. The minimum absolute atomic E-state index is 0.0256. The number of carbonyl (C=O) groups is 1. The largest absolute Gasteiger partial charge is 0.497 e. The summed E-state index contributed by atoms with van der Waals surface area (Å²) in [5, 5.41) is 2.91. The predicted octanol–water partition coefficient (Wildman–Crippen LogP) is 2.52. The van der Waals surface area contributed by atoms with Crippen LogP contribution in [0, 0.1) is 0 Å². The average Bonchev–Trinajstić information content (AvgIpc) is 2.77. The van der Waals surface area contributed by atoms with Crippen molar-refractivity contribution in [2.75, 3.05) is 26.7 Å². The Morgan fingerprint density at radius 2 is 2.00 bits per heavy atom. The van der Waals surface area contributed by atoms with Gasteiger partial charge in [0.1, 0.15) is 17.0 Å². The second kappa shape index (κ2) is 9.34. The molecule has 3 aromatic rings. The van der Waals surface area contributed by atoms with Crippen LogP contribution in [0.4, 0.5) is 0 Å².